The summed E-state index contributed by atoms with van der Waals surface area (Å²) in [4.78, 5) is 12.1. The van der Waals surface area contributed by atoms with Crippen LogP contribution in [0.15, 0.2) is 24.7 Å². The lowest BCUT2D eigenvalue weighted by Gasteiger charge is -2.61. The van der Waals surface area contributed by atoms with Gasteiger partial charge in [-0.2, -0.15) is 0 Å². The first-order valence-corrected chi connectivity index (χ1v) is 9.69. The third-order valence-corrected chi connectivity index (χ3v) is 6.58. The molecule has 0 aromatic carbocycles. The Morgan fingerprint density at radius 3 is 2.68 bits per heavy atom. The van der Waals surface area contributed by atoms with Gasteiger partial charge in [0.15, 0.2) is 0 Å². The number of aryl methyl sites for hydroxylation is 1. The summed E-state index contributed by atoms with van der Waals surface area (Å²) in [6.45, 7) is 11.2. The van der Waals surface area contributed by atoms with E-state index in [1.165, 1.54) is 69.9 Å². The molecule has 2 aromatic heterocycles. The first-order valence-electron chi connectivity index (χ1n) is 9.69. The van der Waals surface area contributed by atoms with E-state index in [4.69, 9.17) is 0 Å². The van der Waals surface area contributed by atoms with Crippen molar-refractivity contribution < 1.29 is 0 Å². The van der Waals surface area contributed by atoms with Gasteiger partial charge in [0, 0.05) is 56.7 Å². The van der Waals surface area contributed by atoms with Crippen molar-refractivity contribution in [3.8, 4) is 0 Å². The highest BCUT2D eigenvalue weighted by atomic mass is 15.3. The summed E-state index contributed by atoms with van der Waals surface area (Å²) in [6.07, 6.45) is 8.94. The third-order valence-electron chi connectivity index (χ3n) is 6.58. The molecule has 0 radical (unpaired) electrons. The number of piperidine rings is 1. The topological polar surface area (TPSA) is 27.0 Å². The molecule has 5 nitrogen and oxygen atoms in total. The minimum absolute atomic E-state index is 0.571. The summed E-state index contributed by atoms with van der Waals surface area (Å²) >= 11 is 0. The van der Waals surface area contributed by atoms with Crippen LogP contribution in [0.3, 0.4) is 0 Å². The number of fused-ring (bicyclic) bond motifs is 1. The lowest BCUT2D eigenvalue weighted by molar-refractivity contribution is -0.0351. The van der Waals surface area contributed by atoms with E-state index in [0.29, 0.717) is 5.41 Å². The SMILES string of the molecule is Cc1cc2nccn2cc1N1CC2(CN(CC3CCN(C)CC3)C2)C1. The molecule has 0 bridgehead atoms. The van der Waals surface area contributed by atoms with Crippen LogP contribution in [0.1, 0.15) is 18.4 Å². The van der Waals surface area contributed by atoms with Crippen molar-refractivity contribution in [2.24, 2.45) is 11.3 Å². The van der Waals surface area contributed by atoms with E-state index in [9.17, 15) is 0 Å². The average Bonchev–Trinajstić information content (AvgIpc) is 2.97. The van der Waals surface area contributed by atoms with Crippen molar-refractivity contribution in [2.45, 2.75) is 19.8 Å². The molecule has 3 aliphatic heterocycles. The third kappa shape index (κ3) is 2.74. The maximum Gasteiger partial charge on any atom is 0.137 e. The van der Waals surface area contributed by atoms with E-state index in [1.54, 1.807) is 0 Å². The van der Waals surface area contributed by atoms with E-state index in [1.807, 2.05) is 12.4 Å². The summed E-state index contributed by atoms with van der Waals surface area (Å²) in [6, 6.07) is 2.20. The zero-order valence-corrected chi connectivity index (χ0v) is 15.5. The predicted molar refractivity (Wildman–Crippen MR) is 101 cm³/mol. The van der Waals surface area contributed by atoms with Crippen LogP contribution >= 0.6 is 0 Å². The highest BCUT2D eigenvalue weighted by Gasteiger charge is 2.52. The standard InChI is InChI=1S/C20H29N5/c1-16-9-19-21-5-8-24(19)11-18(16)25-14-20(15-25)12-23(13-20)10-17-3-6-22(2)7-4-17/h5,8-9,11,17H,3-4,6-7,10,12-15H2,1-2H3. The van der Waals surface area contributed by atoms with Gasteiger partial charge in [-0.05, 0) is 57.5 Å². The Morgan fingerprint density at radius 2 is 1.92 bits per heavy atom. The van der Waals surface area contributed by atoms with Gasteiger partial charge in [0.05, 0.1) is 5.69 Å². The van der Waals surface area contributed by atoms with Gasteiger partial charge in [-0.15, -0.1) is 0 Å². The van der Waals surface area contributed by atoms with Crippen molar-refractivity contribution in [3.05, 3.63) is 30.2 Å². The molecule has 2 aromatic rings. The number of nitrogens with zero attached hydrogens (tertiary/aromatic N) is 5. The molecular weight excluding hydrogens is 310 g/mol. The fourth-order valence-corrected chi connectivity index (χ4v) is 5.15. The Labute approximate surface area is 150 Å². The van der Waals surface area contributed by atoms with Crippen LogP contribution in [0.5, 0.6) is 0 Å². The molecule has 0 unspecified atom stereocenters. The van der Waals surface area contributed by atoms with Gasteiger partial charge in [0.25, 0.3) is 0 Å². The highest BCUT2D eigenvalue weighted by molar-refractivity contribution is 5.60. The quantitative estimate of drug-likeness (QED) is 0.856. The second-order valence-electron chi connectivity index (χ2n) is 8.81. The second-order valence-corrected chi connectivity index (χ2v) is 8.81. The minimum atomic E-state index is 0.571. The van der Waals surface area contributed by atoms with Crippen LogP contribution in [-0.2, 0) is 0 Å². The Morgan fingerprint density at radius 1 is 1.16 bits per heavy atom. The lowest BCUT2D eigenvalue weighted by Crippen LogP contribution is -2.72. The zero-order chi connectivity index (χ0) is 17.0. The van der Waals surface area contributed by atoms with Crippen LogP contribution in [0.4, 0.5) is 5.69 Å². The first kappa shape index (κ1) is 15.6. The molecule has 3 fully saturated rings. The van der Waals surface area contributed by atoms with Crippen molar-refractivity contribution in [2.75, 3.05) is 57.8 Å². The Kier molecular flexibility index (Phi) is 3.57. The first-order chi connectivity index (χ1) is 12.1. The van der Waals surface area contributed by atoms with E-state index >= 15 is 0 Å². The molecular formula is C20H29N5. The fraction of sp³-hybridized carbons (Fsp3) is 0.650. The molecule has 0 amide bonds. The number of imidazole rings is 1. The van der Waals surface area contributed by atoms with Gasteiger partial charge < -0.3 is 19.1 Å². The van der Waals surface area contributed by atoms with Crippen molar-refractivity contribution in [1.29, 1.82) is 0 Å². The number of hydrogen-bond donors (Lipinski definition) is 0. The number of pyridine rings is 1. The van der Waals surface area contributed by atoms with Gasteiger partial charge in [-0.1, -0.05) is 0 Å². The van der Waals surface area contributed by atoms with Gasteiger partial charge in [-0.3, -0.25) is 0 Å². The number of likely N-dealkylation sites (tertiary alicyclic amines) is 2. The minimum Gasteiger partial charge on any atom is -0.369 e. The van der Waals surface area contributed by atoms with Crippen LogP contribution in [0.2, 0.25) is 0 Å². The molecule has 25 heavy (non-hydrogen) atoms. The summed E-state index contributed by atoms with van der Waals surface area (Å²) in [5.74, 6) is 0.927. The highest BCUT2D eigenvalue weighted by Crippen LogP contribution is 2.43. The fourth-order valence-electron chi connectivity index (χ4n) is 5.15. The molecule has 3 aliphatic rings. The largest absolute Gasteiger partial charge is 0.369 e. The second kappa shape index (κ2) is 5.71. The van der Waals surface area contributed by atoms with E-state index < -0.39 is 0 Å². The number of hydrogen-bond acceptors (Lipinski definition) is 4. The Balaban J connectivity index is 1.16. The van der Waals surface area contributed by atoms with E-state index in [0.717, 1.165) is 11.6 Å². The van der Waals surface area contributed by atoms with E-state index in [-0.39, 0.29) is 0 Å². The Hall–Kier alpha value is -1.59. The summed E-state index contributed by atoms with van der Waals surface area (Å²) in [5, 5.41) is 0. The van der Waals surface area contributed by atoms with Gasteiger partial charge in [-0.25, -0.2) is 4.98 Å². The maximum absolute atomic E-state index is 4.38. The van der Waals surface area contributed by atoms with Gasteiger partial charge >= 0.3 is 0 Å². The summed E-state index contributed by atoms with van der Waals surface area (Å²) in [7, 11) is 2.25. The molecule has 5 rings (SSSR count). The Bertz CT molecular complexity index is 759. The van der Waals surface area contributed by atoms with Crippen molar-refractivity contribution >= 4 is 11.3 Å². The molecule has 1 spiro atoms. The monoisotopic (exact) mass is 339 g/mol. The molecule has 0 saturated carbocycles. The molecule has 5 heteroatoms. The molecule has 0 aliphatic carbocycles. The number of rotatable bonds is 3. The van der Waals surface area contributed by atoms with Crippen molar-refractivity contribution in [3.63, 3.8) is 0 Å². The molecule has 3 saturated heterocycles. The predicted octanol–water partition coefficient (Wildman–Crippen LogP) is 2.11. The van der Waals surface area contributed by atoms with Crippen molar-refractivity contribution in [1.82, 2.24) is 19.2 Å². The van der Waals surface area contributed by atoms with Crippen LogP contribution in [0, 0.1) is 18.3 Å². The number of aromatic nitrogens is 2. The molecule has 0 N–H and O–H groups in total. The van der Waals surface area contributed by atoms with Gasteiger partial charge in [0.1, 0.15) is 5.65 Å². The summed E-state index contributed by atoms with van der Waals surface area (Å²) in [5.41, 5.74) is 4.34. The maximum atomic E-state index is 4.38. The zero-order valence-electron chi connectivity index (χ0n) is 15.5. The normalized spacial score (nSPS) is 24.6. The van der Waals surface area contributed by atoms with Crippen LogP contribution in [0.25, 0.3) is 5.65 Å². The van der Waals surface area contributed by atoms with Crippen LogP contribution in [-0.4, -0.2) is 72.0 Å². The summed E-state index contributed by atoms with van der Waals surface area (Å²) < 4.78 is 2.14. The van der Waals surface area contributed by atoms with Crippen LogP contribution < -0.4 is 4.90 Å². The lowest BCUT2D eigenvalue weighted by atomic mass is 9.72. The van der Waals surface area contributed by atoms with E-state index in [2.05, 4.69) is 50.3 Å². The number of anilines is 1. The van der Waals surface area contributed by atoms with Gasteiger partial charge in [0.2, 0.25) is 0 Å². The molecule has 134 valence electrons. The smallest absolute Gasteiger partial charge is 0.137 e. The molecule has 5 heterocycles. The average molecular weight is 339 g/mol. The molecule has 0 atom stereocenters.